The van der Waals surface area contributed by atoms with Crippen LogP contribution in [0.5, 0.6) is 0 Å². The number of rotatable bonds is 3. The number of aromatic amines is 1. The number of hydrogen-bond acceptors (Lipinski definition) is 4. The standard InChI is InChI=1S/C19H20ClN5O2/c1-10(2)16(19(27)24-4-3-11(5-21)8-24)25-9-13-14(20)7-23-17-15(13)12(6-22-17)18(25)26/h6-7,10-11,16H,3-4,8-9H2,1-2H3,(H,22,23). The molecule has 0 aromatic carbocycles. The van der Waals surface area contributed by atoms with Crippen LogP contribution in [0, 0.1) is 23.2 Å². The van der Waals surface area contributed by atoms with Crippen molar-refractivity contribution in [1.29, 1.82) is 5.26 Å². The van der Waals surface area contributed by atoms with Gasteiger partial charge in [0.15, 0.2) is 0 Å². The first-order valence-electron chi connectivity index (χ1n) is 9.06. The Hall–Kier alpha value is -2.59. The van der Waals surface area contributed by atoms with Gasteiger partial charge in [-0.25, -0.2) is 4.98 Å². The molecule has 1 fully saturated rings. The van der Waals surface area contributed by atoms with Gasteiger partial charge in [0.25, 0.3) is 5.91 Å². The highest BCUT2D eigenvalue weighted by Crippen LogP contribution is 2.35. The Labute approximate surface area is 161 Å². The van der Waals surface area contributed by atoms with Crippen molar-refractivity contribution < 1.29 is 9.59 Å². The molecule has 140 valence electrons. The van der Waals surface area contributed by atoms with Gasteiger partial charge in [-0.1, -0.05) is 25.4 Å². The molecule has 2 unspecified atom stereocenters. The van der Waals surface area contributed by atoms with Crippen LogP contribution in [0.3, 0.4) is 0 Å². The molecular formula is C19H20ClN5O2. The smallest absolute Gasteiger partial charge is 0.257 e. The molecule has 7 nitrogen and oxygen atoms in total. The summed E-state index contributed by atoms with van der Waals surface area (Å²) in [4.78, 5) is 37.0. The molecule has 2 aliphatic heterocycles. The Morgan fingerprint density at radius 3 is 2.93 bits per heavy atom. The van der Waals surface area contributed by atoms with E-state index < -0.39 is 6.04 Å². The fraction of sp³-hybridized carbons (Fsp3) is 0.474. The van der Waals surface area contributed by atoms with Crippen LogP contribution >= 0.6 is 11.6 Å². The molecule has 2 aliphatic rings. The van der Waals surface area contributed by atoms with Crippen LogP contribution in [-0.4, -0.2) is 50.7 Å². The molecule has 27 heavy (non-hydrogen) atoms. The third-order valence-corrected chi connectivity index (χ3v) is 5.80. The number of amides is 2. The maximum Gasteiger partial charge on any atom is 0.257 e. The largest absolute Gasteiger partial charge is 0.345 e. The van der Waals surface area contributed by atoms with Gasteiger partial charge in [0.2, 0.25) is 5.91 Å². The van der Waals surface area contributed by atoms with Crippen molar-refractivity contribution >= 4 is 34.4 Å². The first kappa shape index (κ1) is 17.8. The second-order valence-corrected chi connectivity index (χ2v) is 7.94. The minimum absolute atomic E-state index is 0.0702. The number of carbonyl (C=O) groups excluding carboxylic acids is 2. The van der Waals surface area contributed by atoms with Crippen molar-refractivity contribution in [2.24, 2.45) is 11.8 Å². The second kappa shape index (κ2) is 6.54. The fourth-order valence-corrected chi connectivity index (χ4v) is 4.32. The SMILES string of the molecule is CC(C)C(C(=O)N1CCC(C#N)C1)N1Cc2c(Cl)cnc3[nH]cc(c23)C1=O. The molecule has 0 bridgehead atoms. The lowest BCUT2D eigenvalue weighted by Crippen LogP contribution is -2.53. The van der Waals surface area contributed by atoms with E-state index in [1.54, 1.807) is 22.2 Å². The van der Waals surface area contributed by atoms with Gasteiger partial charge in [0.05, 0.1) is 22.6 Å². The van der Waals surface area contributed by atoms with Crippen molar-refractivity contribution in [2.45, 2.75) is 32.9 Å². The van der Waals surface area contributed by atoms with Crippen LogP contribution in [0.25, 0.3) is 11.0 Å². The van der Waals surface area contributed by atoms with E-state index in [2.05, 4.69) is 16.0 Å². The lowest BCUT2D eigenvalue weighted by atomic mass is 9.95. The maximum absolute atomic E-state index is 13.2. The Bertz CT molecular complexity index is 976. The van der Waals surface area contributed by atoms with Gasteiger partial charge in [-0.2, -0.15) is 5.26 Å². The van der Waals surface area contributed by atoms with Crippen molar-refractivity contribution in [2.75, 3.05) is 13.1 Å². The van der Waals surface area contributed by atoms with Gasteiger partial charge in [-0.05, 0) is 12.3 Å². The van der Waals surface area contributed by atoms with Crippen LogP contribution in [0.4, 0.5) is 0 Å². The predicted molar refractivity (Wildman–Crippen MR) is 99.9 cm³/mol. The molecule has 2 aromatic heterocycles. The van der Waals surface area contributed by atoms with Crippen LogP contribution in [0.1, 0.15) is 36.2 Å². The van der Waals surface area contributed by atoms with E-state index in [0.717, 1.165) is 10.9 Å². The quantitative estimate of drug-likeness (QED) is 0.878. The lowest BCUT2D eigenvalue weighted by molar-refractivity contribution is -0.137. The van der Waals surface area contributed by atoms with Gasteiger partial charge < -0.3 is 14.8 Å². The highest BCUT2D eigenvalue weighted by molar-refractivity contribution is 6.32. The van der Waals surface area contributed by atoms with E-state index in [1.165, 1.54) is 0 Å². The molecule has 2 atom stereocenters. The Morgan fingerprint density at radius 2 is 2.26 bits per heavy atom. The van der Waals surface area contributed by atoms with Crippen LogP contribution in [0.15, 0.2) is 12.4 Å². The first-order valence-corrected chi connectivity index (χ1v) is 9.44. The minimum atomic E-state index is -0.600. The molecule has 4 heterocycles. The fourth-order valence-electron chi connectivity index (χ4n) is 4.11. The Morgan fingerprint density at radius 1 is 1.48 bits per heavy atom. The normalized spacial score (nSPS) is 20.4. The Kier molecular flexibility index (Phi) is 4.31. The van der Waals surface area contributed by atoms with Gasteiger partial charge in [0, 0.05) is 43.0 Å². The van der Waals surface area contributed by atoms with Crippen LogP contribution in [-0.2, 0) is 11.3 Å². The molecule has 0 radical (unpaired) electrons. The zero-order valence-electron chi connectivity index (χ0n) is 15.2. The topological polar surface area (TPSA) is 93.1 Å². The minimum Gasteiger partial charge on any atom is -0.345 e. The third-order valence-electron chi connectivity index (χ3n) is 5.48. The number of nitrogens with one attached hydrogen (secondary N) is 1. The Balaban J connectivity index is 1.70. The van der Waals surface area contributed by atoms with Gasteiger partial charge in [-0.3, -0.25) is 9.59 Å². The summed E-state index contributed by atoms with van der Waals surface area (Å²) in [6.07, 6.45) is 3.88. The average Bonchev–Trinajstić information content (AvgIpc) is 3.28. The molecule has 0 aliphatic carbocycles. The summed E-state index contributed by atoms with van der Waals surface area (Å²) < 4.78 is 0. The van der Waals surface area contributed by atoms with E-state index in [0.29, 0.717) is 35.7 Å². The molecular weight excluding hydrogens is 366 g/mol. The number of nitrogens with zero attached hydrogens (tertiary/aromatic N) is 4. The third kappa shape index (κ3) is 2.76. The van der Waals surface area contributed by atoms with E-state index in [4.69, 9.17) is 16.9 Å². The van der Waals surface area contributed by atoms with E-state index in [9.17, 15) is 9.59 Å². The van der Waals surface area contributed by atoms with Gasteiger partial charge in [0.1, 0.15) is 11.7 Å². The number of carbonyl (C=O) groups is 2. The maximum atomic E-state index is 13.2. The van der Waals surface area contributed by atoms with Crippen molar-refractivity contribution in [1.82, 2.24) is 19.8 Å². The average molecular weight is 386 g/mol. The highest BCUT2D eigenvalue weighted by Gasteiger charge is 2.41. The number of aromatic nitrogens is 2. The van der Waals surface area contributed by atoms with E-state index in [1.807, 2.05) is 13.8 Å². The molecule has 2 amide bonds. The second-order valence-electron chi connectivity index (χ2n) is 7.53. The van der Waals surface area contributed by atoms with Crippen molar-refractivity contribution in [3.8, 4) is 6.07 Å². The van der Waals surface area contributed by atoms with Crippen LogP contribution < -0.4 is 0 Å². The van der Waals surface area contributed by atoms with E-state index >= 15 is 0 Å². The summed E-state index contributed by atoms with van der Waals surface area (Å²) in [7, 11) is 0. The molecule has 0 spiro atoms. The van der Waals surface area contributed by atoms with Crippen LogP contribution in [0.2, 0.25) is 5.02 Å². The summed E-state index contributed by atoms with van der Waals surface area (Å²) >= 11 is 6.36. The molecule has 8 heteroatoms. The van der Waals surface area contributed by atoms with Crippen molar-refractivity contribution in [3.05, 3.63) is 28.5 Å². The molecule has 1 saturated heterocycles. The van der Waals surface area contributed by atoms with Gasteiger partial charge in [-0.15, -0.1) is 0 Å². The number of halogens is 1. The number of likely N-dealkylation sites (tertiary alicyclic amines) is 1. The highest BCUT2D eigenvalue weighted by atomic mass is 35.5. The van der Waals surface area contributed by atoms with Gasteiger partial charge >= 0.3 is 0 Å². The number of nitriles is 1. The first-order chi connectivity index (χ1) is 12.9. The van der Waals surface area contributed by atoms with E-state index in [-0.39, 0.29) is 30.2 Å². The summed E-state index contributed by atoms with van der Waals surface area (Å²) in [5.74, 6) is -0.499. The zero-order chi connectivity index (χ0) is 19.3. The molecule has 2 aromatic rings. The summed E-state index contributed by atoms with van der Waals surface area (Å²) in [5, 5.41) is 10.4. The predicted octanol–water partition coefficient (Wildman–Crippen LogP) is 2.57. The monoisotopic (exact) mass is 385 g/mol. The molecule has 4 rings (SSSR count). The summed E-state index contributed by atoms with van der Waals surface area (Å²) in [6, 6.07) is 1.63. The summed E-state index contributed by atoms with van der Waals surface area (Å²) in [5.41, 5.74) is 1.93. The molecule has 1 N–H and O–H groups in total. The van der Waals surface area contributed by atoms with Crippen molar-refractivity contribution in [3.63, 3.8) is 0 Å². The number of H-pyrrole nitrogens is 1. The number of hydrogen-bond donors (Lipinski definition) is 1. The summed E-state index contributed by atoms with van der Waals surface area (Å²) in [6.45, 7) is 5.12. The zero-order valence-corrected chi connectivity index (χ0v) is 16.0. The molecule has 0 saturated carbocycles. The number of pyridine rings is 1. The lowest BCUT2D eigenvalue weighted by Gasteiger charge is -2.37.